The Hall–Kier alpha value is -1.81. The Kier molecular flexibility index (Phi) is 3.15. The number of nitrogens with one attached hydrogen (secondary N) is 1. The fraction of sp³-hybridized carbons (Fsp3) is 0.167. The van der Waals surface area contributed by atoms with E-state index in [9.17, 15) is 4.79 Å². The monoisotopic (exact) mass is 249 g/mol. The van der Waals surface area contributed by atoms with Crippen molar-refractivity contribution in [2.45, 2.75) is 0 Å². The van der Waals surface area contributed by atoms with E-state index < -0.39 is 0 Å². The first-order chi connectivity index (χ1) is 8.08. The molecule has 1 heterocycles. The van der Waals surface area contributed by atoms with E-state index in [1.807, 2.05) is 43.3 Å². The lowest BCUT2D eigenvalue weighted by atomic mass is 10.1. The van der Waals surface area contributed by atoms with Gasteiger partial charge in [-0.1, -0.05) is 23.7 Å². The van der Waals surface area contributed by atoms with Crippen LogP contribution in [0.3, 0.4) is 0 Å². The molecule has 0 amide bonds. The molecule has 0 unspecified atom stereocenters. The zero-order chi connectivity index (χ0) is 12.4. The Bertz CT molecular complexity index is 575. The van der Waals surface area contributed by atoms with Crippen molar-refractivity contribution in [2.75, 3.05) is 19.0 Å². The van der Waals surface area contributed by atoms with Crippen molar-refractivity contribution < 1.29 is 0 Å². The van der Waals surface area contributed by atoms with E-state index in [1.54, 1.807) is 6.07 Å². The van der Waals surface area contributed by atoms with Gasteiger partial charge in [0.1, 0.15) is 5.15 Å². The van der Waals surface area contributed by atoms with Crippen molar-refractivity contribution in [3.63, 3.8) is 0 Å². The summed E-state index contributed by atoms with van der Waals surface area (Å²) in [5, 5.41) is 6.26. The number of aromatic amines is 1. The average Bonchev–Trinajstić information content (AvgIpc) is 2.32. The number of hydrogen-bond donors (Lipinski definition) is 1. The van der Waals surface area contributed by atoms with E-state index in [2.05, 4.69) is 10.2 Å². The standard InChI is InChI=1S/C12H12ClN3O/c1-16(2)9-5-3-8(4-6-9)10-7-11(13)14-15-12(10)17/h3-7H,1-2H3,(H,15,17). The number of rotatable bonds is 2. The highest BCUT2D eigenvalue weighted by Gasteiger charge is 2.05. The highest BCUT2D eigenvalue weighted by molar-refractivity contribution is 6.29. The third-order valence-electron chi connectivity index (χ3n) is 2.47. The molecule has 2 aromatic rings. The van der Waals surface area contributed by atoms with Crippen LogP contribution >= 0.6 is 11.6 Å². The maximum atomic E-state index is 11.6. The number of anilines is 1. The van der Waals surface area contributed by atoms with Gasteiger partial charge in [0.25, 0.3) is 5.56 Å². The van der Waals surface area contributed by atoms with Crippen LogP contribution < -0.4 is 10.5 Å². The van der Waals surface area contributed by atoms with Crippen LogP contribution in [0.4, 0.5) is 5.69 Å². The quantitative estimate of drug-likeness (QED) is 0.887. The maximum absolute atomic E-state index is 11.6. The Morgan fingerprint density at radius 3 is 2.47 bits per heavy atom. The van der Waals surface area contributed by atoms with E-state index in [0.717, 1.165) is 11.3 Å². The van der Waals surface area contributed by atoms with Crippen LogP contribution in [0.1, 0.15) is 0 Å². The van der Waals surface area contributed by atoms with Crippen LogP contribution in [0, 0.1) is 0 Å². The van der Waals surface area contributed by atoms with Gasteiger partial charge in [0.2, 0.25) is 0 Å². The van der Waals surface area contributed by atoms with Gasteiger partial charge in [-0.05, 0) is 23.8 Å². The predicted octanol–water partition coefficient (Wildman–Crippen LogP) is 2.16. The van der Waals surface area contributed by atoms with Crippen LogP contribution in [-0.4, -0.2) is 24.3 Å². The summed E-state index contributed by atoms with van der Waals surface area (Å²) in [5.74, 6) is 0. The van der Waals surface area contributed by atoms with Crippen molar-refractivity contribution in [3.8, 4) is 11.1 Å². The number of H-pyrrole nitrogens is 1. The minimum absolute atomic E-state index is 0.244. The van der Waals surface area contributed by atoms with Crippen LogP contribution in [0.5, 0.6) is 0 Å². The molecule has 0 saturated heterocycles. The first-order valence-corrected chi connectivity index (χ1v) is 5.49. The lowest BCUT2D eigenvalue weighted by Gasteiger charge is -2.12. The Morgan fingerprint density at radius 2 is 1.88 bits per heavy atom. The molecule has 0 spiro atoms. The first kappa shape index (κ1) is 11.7. The second-order valence-corrected chi connectivity index (χ2v) is 4.26. The first-order valence-electron chi connectivity index (χ1n) is 5.11. The van der Waals surface area contributed by atoms with Crippen LogP contribution in [-0.2, 0) is 0 Å². The van der Waals surface area contributed by atoms with E-state index in [-0.39, 0.29) is 10.7 Å². The number of benzene rings is 1. The van der Waals surface area contributed by atoms with Gasteiger partial charge in [0, 0.05) is 19.8 Å². The highest BCUT2D eigenvalue weighted by atomic mass is 35.5. The molecule has 1 aromatic carbocycles. The molecular formula is C12H12ClN3O. The molecule has 0 aliphatic rings. The number of aromatic nitrogens is 2. The van der Waals surface area contributed by atoms with Gasteiger partial charge in [-0.2, -0.15) is 5.10 Å². The van der Waals surface area contributed by atoms with Gasteiger partial charge in [0.15, 0.2) is 0 Å². The number of nitrogens with zero attached hydrogens (tertiary/aromatic N) is 2. The van der Waals surface area contributed by atoms with Gasteiger partial charge >= 0.3 is 0 Å². The smallest absolute Gasteiger partial charge is 0.272 e. The summed E-state index contributed by atoms with van der Waals surface area (Å²) in [5.41, 5.74) is 2.17. The molecule has 4 nitrogen and oxygen atoms in total. The van der Waals surface area contributed by atoms with Gasteiger partial charge in [-0.3, -0.25) is 4.79 Å². The molecule has 0 aliphatic heterocycles. The largest absolute Gasteiger partial charge is 0.378 e. The van der Waals surface area contributed by atoms with Crippen LogP contribution in [0.15, 0.2) is 35.1 Å². The minimum atomic E-state index is -0.244. The molecule has 0 bridgehead atoms. The van der Waals surface area contributed by atoms with Crippen LogP contribution in [0.2, 0.25) is 5.15 Å². The van der Waals surface area contributed by atoms with E-state index >= 15 is 0 Å². The Labute approximate surface area is 104 Å². The molecule has 0 radical (unpaired) electrons. The summed E-state index contributed by atoms with van der Waals surface area (Å²) in [6.45, 7) is 0. The SMILES string of the molecule is CN(C)c1ccc(-c2cc(Cl)n[nH]c2=O)cc1. The Balaban J connectivity index is 2.46. The van der Waals surface area contributed by atoms with Crippen molar-refractivity contribution in [1.82, 2.24) is 10.2 Å². The topological polar surface area (TPSA) is 49.0 Å². The molecule has 17 heavy (non-hydrogen) atoms. The molecule has 2 rings (SSSR count). The van der Waals surface area contributed by atoms with Crippen molar-refractivity contribution in [2.24, 2.45) is 0 Å². The van der Waals surface area contributed by atoms with E-state index in [4.69, 9.17) is 11.6 Å². The number of hydrogen-bond acceptors (Lipinski definition) is 3. The summed E-state index contributed by atoms with van der Waals surface area (Å²) in [7, 11) is 3.93. The normalized spacial score (nSPS) is 10.3. The zero-order valence-electron chi connectivity index (χ0n) is 9.57. The predicted molar refractivity (Wildman–Crippen MR) is 69.6 cm³/mol. The highest BCUT2D eigenvalue weighted by Crippen LogP contribution is 2.20. The maximum Gasteiger partial charge on any atom is 0.272 e. The average molecular weight is 250 g/mol. The molecule has 5 heteroatoms. The zero-order valence-corrected chi connectivity index (χ0v) is 10.3. The van der Waals surface area contributed by atoms with Gasteiger partial charge < -0.3 is 4.90 Å². The summed E-state index contributed by atoms with van der Waals surface area (Å²) in [6.07, 6.45) is 0. The third kappa shape index (κ3) is 2.47. The van der Waals surface area contributed by atoms with Crippen molar-refractivity contribution >= 4 is 17.3 Å². The van der Waals surface area contributed by atoms with Gasteiger partial charge in [0.05, 0.1) is 5.56 Å². The molecule has 1 aromatic heterocycles. The summed E-state index contributed by atoms with van der Waals surface area (Å²) in [4.78, 5) is 13.6. The molecule has 88 valence electrons. The van der Waals surface area contributed by atoms with Crippen LogP contribution in [0.25, 0.3) is 11.1 Å². The third-order valence-corrected chi connectivity index (χ3v) is 2.66. The van der Waals surface area contributed by atoms with Crippen molar-refractivity contribution in [1.29, 1.82) is 0 Å². The second-order valence-electron chi connectivity index (χ2n) is 3.87. The van der Waals surface area contributed by atoms with Crippen molar-refractivity contribution in [3.05, 3.63) is 45.8 Å². The summed E-state index contributed by atoms with van der Waals surface area (Å²) < 4.78 is 0. The summed E-state index contributed by atoms with van der Waals surface area (Å²) >= 11 is 5.76. The molecule has 1 N–H and O–H groups in total. The molecule has 0 atom stereocenters. The van der Waals surface area contributed by atoms with Gasteiger partial charge in [-0.25, -0.2) is 5.10 Å². The fourth-order valence-corrected chi connectivity index (χ4v) is 1.69. The van der Waals surface area contributed by atoms with E-state index in [0.29, 0.717) is 5.56 Å². The molecule has 0 aliphatic carbocycles. The molecular weight excluding hydrogens is 238 g/mol. The summed E-state index contributed by atoms with van der Waals surface area (Å²) in [6, 6.07) is 9.23. The minimum Gasteiger partial charge on any atom is -0.378 e. The number of halogens is 1. The molecule has 0 saturated carbocycles. The second kappa shape index (κ2) is 4.59. The van der Waals surface area contributed by atoms with E-state index in [1.165, 1.54) is 0 Å². The molecule has 0 fully saturated rings. The lowest BCUT2D eigenvalue weighted by Crippen LogP contribution is -2.11. The fourth-order valence-electron chi connectivity index (χ4n) is 1.53. The van der Waals surface area contributed by atoms with Gasteiger partial charge in [-0.15, -0.1) is 0 Å². The lowest BCUT2D eigenvalue weighted by molar-refractivity contribution is 0.992. The Morgan fingerprint density at radius 1 is 1.24 bits per heavy atom.